The molecule has 0 unspecified atom stereocenters. The topological polar surface area (TPSA) is 69.6 Å². The van der Waals surface area contributed by atoms with E-state index in [1.54, 1.807) is 0 Å². The van der Waals surface area contributed by atoms with Gasteiger partial charge in [0, 0.05) is 0 Å². The fourth-order valence-corrected chi connectivity index (χ4v) is 1.70. The van der Waals surface area contributed by atoms with Crippen LogP contribution in [-0.2, 0) is 4.79 Å². The maximum atomic E-state index is 10.9. The predicted octanol–water partition coefficient (Wildman–Crippen LogP) is -1.47. The number of carbonyl (C=O) groups is 1. The van der Waals surface area contributed by atoms with Crippen LogP contribution >= 0.6 is 11.8 Å². The second-order valence-corrected chi connectivity index (χ2v) is 3.10. The smallest absolute Gasteiger partial charge is 0.215 e. The molecule has 1 aliphatic rings. The lowest BCUT2D eigenvalue weighted by Gasteiger charge is -2.20. The molecular weight excluding hydrogens is 154 g/mol. The van der Waals surface area contributed by atoms with Gasteiger partial charge in [0.1, 0.15) is 5.54 Å². The van der Waals surface area contributed by atoms with Crippen molar-refractivity contribution in [1.82, 2.24) is 5.32 Å². The highest BCUT2D eigenvalue weighted by molar-refractivity contribution is 8.14. The van der Waals surface area contributed by atoms with E-state index in [1.165, 1.54) is 0 Å². The summed E-state index contributed by atoms with van der Waals surface area (Å²) in [5.74, 6) is 0.472. The Hall–Kier alpha value is -0.100. The minimum Gasteiger partial charge on any atom is -0.394 e. The molecule has 0 aromatic carbocycles. The first-order valence-corrected chi connectivity index (χ1v) is 3.88. The van der Waals surface area contributed by atoms with Crippen molar-refractivity contribution in [1.29, 1.82) is 0 Å². The van der Waals surface area contributed by atoms with Gasteiger partial charge in [0.2, 0.25) is 5.12 Å². The van der Waals surface area contributed by atoms with Crippen LogP contribution in [0.25, 0.3) is 0 Å². The van der Waals surface area contributed by atoms with Crippen molar-refractivity contribution in [3.8, 4) is 0 Å². The molecule has 58 valence electrons. The molecule has 0 spiro atoms. The molecule has 1 fully saturated rings. The summed E-state index contributed by atoms with van der Waals surface area (Å²) in [6, 6.07) is 0. The Morgan fingerprint density at radius 1 is 1.60 bits per heavy atom. The minimum absolute atomic E-state index is 0.183. The van der Waals surface area contributed by atoms with Crippen LogP contribution in [0.2, 0.25) is 0 Å². The highest BCUT2D eigenvalue weighted by Crippen LogP contribution is 2.21. The molecule has 4 nitrogen and oxygen atoms in total. The van der Waals surface area contributed by atoms with Gasteiger partial charge in [0.15, 0.2) is 0 Å². The Morgan fingerprint density at radius 2 is 2.20 bits per heavy atom. The van der Waals surface area contributed by atoms with E-state index in [9.17, 15) is 4.79 Å². The molecule has 1 aliphatic heterocycles. The van der Waals surface area contributed by atoms with Crippen LogP contribution in [0.5, 0.6) is 0 Å². The summed E-state index contributed by atoms with van der Waals surface area (Å²) < 4.78 is 0. The predicted molar refractivity (Wildman–Crippen MR) is 37.5 cm³/mol. The van der Waals surface area contributed by atoms with E-state index in [-0.39, 0.29) is 18.3 Å². The molecule has 1 heterocycles. The van der Waals surface area contributed by atoms with E-state index < -0.39 is 5.54 Å². The number of rotatable bonds is 2. The lowest BCUT2D eigenvalue weighted by Crippen LogP contribution is -2.51. The summed E-state index contributed by atoms with van der Waals surface area (Å²) in [4.78, 5) is 10.9. The third kappa shape index (κ3) is 1.05. The van der Waals surface area contributed by atoms with Crippen LogP contribution in [-0.4, -0.2) is 40.0 Å². The summed E-state index contributed by atoms with van der Waals surface area (Å²) in [5, 5.41) is 20.0. The van der Waals surface area contributed by atoms with Crippen LogP contribution in [0, 0.1) is 0 Å². The fraction of sp³-hybridized carbons (Fsp3) is 0.800. The van der Waals surface area contributed by atoms with Crippen molar-refractivity contribution in [3.05, 3.63) is 0 Å². The van der Waals surface area contributed by atoms with E-state index in [0.29, 0.717) is 5.88 Å². The molecule has 0 aromatic heterocycles. The number of aliphatic hydroxyl groups is 2. The Bertz CT molecular complexity index is 146. The molecule has 3 N–H and O–H groups in total. The van der Waals surface area contributed by atoms with E-state index in [1.807, 2.05) is 0 Å². The van der Waals surface area contributed by atoms with Gasteiger partial charge >= 0.3 is 0 Å². The number of hydrogen-bond acceptors (Lipinski definition) is 5. The summed E-state index contributed by atoms with van der Waals surface area (Å²) in [6.07, 6.45) is 0. The summed E-state index contributed by atoms with van der Waals surface area (Å²) in [6.45, 7) is -0.676. The molecule has 5 heteroatoms. The molecule has 10 heavy (non-hydrogen) atoms. The molecule has 0 radical (unpaired) electrons. The van der Waals surface area contributed by atoms with E-state index in [2.05, 4.69) is 5.32 Å². The van der Waals surface area contributed by atoms with Gasteiger partial charge in [-0.15, -0.1) is 0 Å². The van der Waals surface area contributed by atoms with Gasteiger partial charge in [-0.05, 0) is 0 Å². The first-order chi connectivity index (χ1) is 4.75. The number of nitrogens with one attached hydrogen (secondary N) is 1. The number of carbonyl (C=O) groups excluding carboxylic acids is 1. The first kappa shape index (κ1) is 8.00. The van der Waals surface area contributed by atoms with Gasteiger partial charge in [0.25, 0.3) is 0 Å². The highest BCUT2D eigenvalue weighted by atomic mass is 32.2. The maximum Gasteiger partial charge on any atom is 0.215 e. The summed E-state index contributed by atoms with van der Waals surface area (Å²) >= 11 is 1.08. The third-order valence-corrected chi connectivity index (χ3v) is 2.49. The van der Waals surface area contributed by atoms with E-state index >= 15 is 0 Å². The molecule has 0 saturated carbocycles. The quantitative estimate of drug-likeness (QED) is 0.463. The molecule has 0 aromatic rings. The second kappa shape index (κ2) is 2.87. The maximum absolute atomic E-state index is 10.9. The lowest BCUT2D eigenvalue weighted by atomic mass is 10.1. The van der Waals surface area contributed by atoms with E-state index in [4.69, 9.17) is 10.2 Å². The zero-order chi connectivity index (χ0) is 7.61. The highest BCUT2D eigenvalue weighted by Gasteiger charge is 2.41. The van der Waals surface area contributed by atoms with Gasteiger partial charge < -0.3 is 10.2 Å². The van der Waals surface area contributed by atoms with Crippen LogP contribution in [0.3, 0.4) is 0 Å². The van der Waals surface area contributed by atoms with Crippen molar-refractivity contribution >= 4 is 16.9 Å². The average Bonchev–Trinajstić information content (AvgIpc) is 2.32. The van der Waals surface area contributed by atoms with Crippen molar-refractivity contribution < 1.29 is 15.0 Å². The minimum atomic E-state index is -1.08. The first-order valence-electron chi connectivity index (χ1n) is 2.89. The molecule has 0 atom stereocenters. The van der Waals surface area contributed by atoms with Crippen LogP contribution in [0.1, 0.15) is 0 Å². The average molecular weight is 163 g/mol. The number of hydrogen-bond donors (Lipinski definition) is 3. The van der Waals surface area contributed by atoms with Gasteiger partial charge in [-0.1, -0.05) is 11.8 Å². The SMILES string of the molecule is O=C1SCNC1(CO)CO. The second-order valence-electron chi connectivity index (χ2n) is 2.15. The van der Waals surface area contributed by atoms with Gasteiger partial charge in [0.05, 0.1) is 19.1 Å². The largest absolute Gasteiger partial charge is 0.394 e. The number of thioether (sulfide) groups is 1. The Balaban J connectivity index is 2.71. The number of aliphatic hydroxyl groups excluding tert-OH is 2. The fourth-order valence-electron chi connectivity index (χ4n) is 0.741. The molecule has 0 amide bonds. The third-order valence-electron chi connectivity index (χ3n) is 1.54. The van der Waals surface area contributed by atoms with Gasteiger partial charge in [-0.25, -0.2) is 0 Å². The standard InChI is InChI=1S/C5H9NO3S/c7-1-5(2-8)4(9)10-3-6-5/h6-8H,1-3H2. The molecule has 1 rings (SSSR count). The molecule has 0 aliphatic carbocycles. The van der Waals surface area contributed by atoms with Crippen LogP contribution in [0.15, 0.2) is 0 Å². The zero-order valence-electron chi connectivity index (χ0n) is 5.33. The molecule has 1 saturated heterocycles. The van der Waals surface area contributed by atoms with Crippen molar-refractivity contribution in [2.75, 3.05) is 19.1 Å². The van der Waals surface area contributed by atoms with Crippen LogP contribution < -0.4 is 5.32 Å². The Morgan fingerprint density at radius 3 is 2.40 bits per heavy atom. The lowest BCUT2D eigenvalue weighted by molar-refractivity contribution is -0.118. The monoisotopic (exact) mass is 163 g/mol. The normalized spacial score (nSPS) is 23.6. The molecular formula is C5H9NO3S. The zero-order valence-corrected chi connectivity index (χ0v) is 6.15. The van der Waals surface area contributed by atoms with Crippen molar-refractivity contribution in [2.24, 2.45) is 0 Å². The van der Waals surface area contributed by atoms with Gasteiger partial charge in [-0.3, -0.25) is 10.1 Å². The Labute approximate surface area is 62.6 Å². The van der Waals surface area contributed by atoms with Crippen LogP contribution in [0.4, 0.5) is 0 Å². The Kier molecular flexibility index (Phi) is 2.30. The molecule has 0 bridgehead atoms. The summed E-state index contributed by atoms with van der Waals surface area (Å²) in [7, 11) is 0. The van der Waals surface area contributed by atoms with Crippen molar-refractivity contribution in [3.63, 3.8) is 0 Å². The van der Waals surface area contributed by atoms with E-state index in [0.717, 1.165) is 11.8 Å². The van der Waals surface area contributed by atoms with Crippen molar-refractivity contribution in [2.45, 2.75) is 5.54 Å². The van der Waals surface area contributed by atoms with Gasteiger partial charge in [-0.2, -0.15) is 0 Å². The summed E-state index contributed by atoms with van der Waals surface area (Å²) in [5.41, 5.74) is -1.08.